The second-order valence-corrected chi connectivity index (χ2v) is 5.05. The lowest BCUT2D eigenvalue weighted by molar-refractivity contribution is -0.150. The molecule has 1 fully saturated rings. The van der Waals surface area contributed by atoms with E-state index in [9.17, 15) is 15.0 Å². The highest BCUT2D eigenvalue weighted by Gasteiger charge is 2.47. The van der Waals surface area contributed by atoms with Gasteiger partial charge in [-0.05, 0) is 30.5 Å². The number of carbonyl (C=O) groups is 1. The van der Waals surface area contributed by atoms with Crippen molar-refractivity contribution in [1.82, 2.24) is 0 Å². The molecule has 1 aliphatic carbocycles. The van der Waals surface area contributed by atoms with Gasteiger partial charge in [0, 0.05) is 12.5 Å². The Morgan fingerprint density at radius 1 is 1.28 bits per heavy atom. The summed E-state index contributed by atoms with van der Waals surface area (Å²) in [6.45, 7) is 0.317. The van der Waals surface area contributed by atoms with Gasteiger partial charge in [-0.15, -0.1) is 0 Å². The van der Waals surface area contributed by atoms with Gasteiger partial charge in [-0.3, -0.25) is 4.79 Å². The second-order valence-electron chi connectivity index (χ2n) is 5.05. The summed E-state index contributed by atoms with van der Waals surface area (Å²) in [4.78, 5) is 11.7. The van der Waals surface area contributed by atoms with Gasteiger partial charge in [0.15, 0.2) is 0 Å². The first-order valence-electron chi connectivity index (χ1n) is 6.32. The number of carboxylic acids is 1. The summed E-state index contributed by atoms with van der Waals surface area (Å²) >= 11 is 0. The largest absolute Gasteiger partial charge is 0.508 e. The van der Waals surface area contributed by atoms with Crippen LogP contribution in [0.5, 0.6) is 5.75 Å². The van der Waals surface area contributed by atoms with Gasteiger partial charge in [0.25, 0.3) is 0 Å². The summed E-state index contributed by atoms with van der Waals surface area (Å²) in [6, 6.07) is 6.72. The Morgan fingerprint density at radius 2 is 1.83 bits per heavy atom. The topological polar surface area (TPSA) is 83.5 Å². The van der Waals surface area contributed by atoms with Crippen molar-refractivity contribution >= 4 is 5.97 Å². The molecule has 1 atom stereocenters. The molecular formula is C14H19NO3. The molecule has 0 heterocycles. The molecule has 4 N–H and O–H groups in total. The quantitative estimate of drug-likeness (QED) is 0.762. The summed E-state index contributed by atoms with van der Waals surface area (Å²) in [5.41, 5.74) is 5.99. The van der Waals surface area contributed by atoms with E-state index in [1.807, 2.05) is 0 Å². The lowest BCUT2D eigenvalue weighted by Crippen LogP contribution is -2.38. The van der Waals surface area contributed by atoms with Crippen LogP contribution in [0.15, 0.2) is 24.3 Å². The van der Waals surface area contributed by atoms with Gasteiger partial charge < -0.3 is 15.9 Å². The number of rotatable bonds is 4. The maximum Gasteiger partial charge on any atom is 0.310 e. The maximum absolute atomic E-state index is 11.7. The van der Waals surface area contributed by atoms with Gasteiger partial charge in [0.2, 0.25) is 0 Å². The predicted molar refractivity (Wildman–Crippen MR) is 68.4 cm³/mol. The SMILES string of the molecule is NC[C@H](c1ccc(O)cc1)C1(C(=O)O)CCCC1. The zero-order chi connectivity index (χ0) is 13.2. The van der Waals surface area contributed by atoms with E-state index in [1.54, 1.807) is 24.3 Å². The highest BCUT2D eigenvalue weighted by molar-refractivity contribution is 5.76. The third kappa shape index (κ3) is 2.08. The fourth-order valence-corrected chi connectivity index (χ4v) is 3.10. The molecule has 0 aromatic heterocycles. The minimum atomic E-state index is -0.747. The molecule has 0 spiro atoms. The van der Waals surface area contributed by atoms with E-state index < -0.39 is 11.4 Å². The number of phenolic OH excluding ortho intramolecular Hbond substituents is 1. The maximum atomic E-state index is 11.7. The molecule has 1 aliphatic rings. The Balaban J connectivity index is 2.37. The third-order valence-electron chi connectivity index (χ3n) is 4.12. The van der Waals surface area contributed by atoms with Crippen molar-refractivity contribution in [3.63, 3.8) is 0 Å². The number of carboxylic acid groups (broad SMARTS) is 1. The molecular weight excluding hydrogens is 230 g/mol. The van der Waals surface area contributed by atoms with Gasteiger partial charge in [-0.2, -0.15) is 0 Å². The minimum absolute atomic E-state index is 0.182. The van der Waals surface area contributed by atoms with Crippen LogP contribution in [-0.4, -0.2) is 22.7 Å². The number of aliphatic carboxylic acids is 1. The van der Waals surface area contributed by atoms with Crippen molar-refractivity contribution in [2.24, 2.45) is 11.1 Å². The predicted octanol–water partition coefficient (Wildman–Crippen LogP) is 2.08. The monoisotopic (exact) mass is 249 g/mol. The summed E-state index contributed by atoms with van der Waals surface area (Å²) in [7, 11) is 0. The molecule has 0 saturated heterocycles. The number of benzene rings is 1. The molecule has 0 bridgehead atoms. The first-order chi connectivity index (χ1) is 8.60. The van der Waals surface area contributed by atoms with Crippen molar-refractivity contribution < 1.29 is 15.0 Å². The molecule has 1 saturated carbocycles. The van der Waals surface area contributed by atoms with Crippen LogP contribution in [0.2, 0.25) is 0 Å². The minimum Gasteiger partial charge on any atom is -0.508 e. The second kappa shape index (κ2) is 4.98. The first-order valence-corrected chi connectivity index (χ1v) is 6.32. The highest BCUT2D eigenvalue weighted by atomic mass is 16.4. The lowest BCUT2D eigenvalue weighted by Gasteiger charge is -2.33. The molecule has 4 heteroatoms. The van der Waals surface area contributed by atoms with Crippen molar-refractivity contribution in [3.8, 4) is 5.75 Å². The summed E-state index contributed by atoms with van der Waals surface area (Å²) in [5.74, 6) is -0.744. The molecule has 2 rings (SSSR count). The number of hydrogen-bond acceptors (Lipinski definition) is 3. The van der Waals surface area contributed by atoms with Gasteiger partial charge in [0.1, 0.15) is 5.75 Å². The number of hydrogen-bond donors (Lipinski definition) is 3. The Labute approximate surface area is 106 Å². The Kier molecular flexibility index (Phi) is 3.57. The van der Waals surface area contributed by atoms with Crippen molar-refractivity contribution in [2.75, 3.05) is 6.54 Å². The van der Waals surface area contributed by atoms with Crippen LogP contribution in [0, 0.1) is 5.41 Å². The third-order valence-corrected chi connectivity index (χ3v) is 4.12. The summed E-state index contributed by atoms with van der Waals surface area (Å²) in [6.07, 6.45) is 3.26. The highest BCUT2D eigenvalue weighted by Crippen LogP contribution is 2.48. The Morgan fingerprint density at radius 3 is 2.28 bits per heavy atom. The van der Waals surface area contributed by atoms with Crippen LogP contribution in [0.1, 0.15) is 37.2 Å². The lowest BCUT2D eigenvalue weighted by atomic mass is 9.70. The molecule has 98 valence electrons. The molecule has 18 heavy (non-hydrogen) atoms. The van der Waals surface area contributed by atoms with E-state index >= 15 is 0 Å². The van der Waals surface area contributed by atoms with Crippen LogP contribution in [0.3, 0.4) is 0 Å². The molecule has 0 unspecified atom stereocenters. The smallest absolute Gasteiger partial charge is 0.310 e. The summed E-state index contributed by atoms with van der Waals surface area (Å²) < 4.78 is 0. The van der Waals surface area contributed by atoms with Crippen LogP contribution in [-0.2, 0) is 4.79 Å². The summed E-state index contributed by atoms with van der Waals surface area (Å²) in [5, 5.41) is 18.9. The van der Waals surface area contributed by atoms with Crippen LogP contribution in [0.4, 0.5) is 0 Å². The van der Waals surface area contributed by atoms with Gasteiger partial charge in [0.05, 0.1) is 5.41 Å². The van der Waals surface area contributed by atoms with E-state index in [-0.39, 0.29) is 11.7 Å². The first kappa shape index (κ1) is 12.9. The van der Waals surface area contributed by atoms with Crippen molar-refractivity contribution in [3.05, 3.63) is 29.8 Å². The van der Waals surface area contributed by atoms with Gasteiger partial charge in [-0.1, -0.05) is 25.0 Å². The van der Waals surface area contributed by atoms with E-state index in [4.69, 9.17) is 5.73 Å². The average molecular weight is 249 g/mol. The number of aromatic hydroxyl groups is 1. The van der Waals surface area contributed by atoms with E-state index in [0.29, 0.717) is 19.4 Å². The number of nitrogens with two attached hydrogens (primary N) is 1. The van der Waals surface area contributed by atoms with Gasteiger partial charge >= 0.3 is 5.97 Å². The van der Waals surface area contributed by atoms with E-state index in [2.05, 4.69) is 0 Å². The zero-order valence-corrected chi connectivity index (χ0v) is 10.3. The van der Waals surface area contributed by atoms with Crippen molar-refractivity contribution in [1.29, 1.82) is 0 Å². The Bertz CT molecular complexity index is 421. The van der Waals surface area contributed by atoms with E-state index in [1.165, 1.54) is 0 Å². The van der Waals surface area contributed by atoms with Gasteiger partial charge in [-0.25, -0.2) is 0 Å². The van der Waals surface area contributed by atoms with Crippen LogP contribution >= 0.6 is 0 Å². The molecule has 1 aromatic carbocycles. The molecule has 0 amide bonds. The Hall–Kier alpha value is -1.55. The fourth-order valence-electron chi connectivity index (χ4n) is 3.10. The number of phenols is 1. The molecule has 1 aromatic rings. The zero-order valence-electron chi connectivity index (χ0n) is 10.3. The fraction of sp³-hybridized carbons (Fsp3) is 0.500. The average Bonchev–Trinajstić information content (AvgIpc) is 2.83. The van der Waals surface area contributed by atoms with Crippen LogP contribution < -0.4 is 5.73 Å². The normalized spacial score (nSPS) is 19.6. The van der Waals surface area contributed by atoms with Crippen LogP contribution in [0.25, 0.3) is 0 Å². The van der Waals surface area contributed by atoms with E-state index in [0.717, 1.165) is 18.4 Å². The molecule has 4 nitrogen and oxygen atoms in total. The molecule has 0 radical (unpaired) electrons. The standard InChI is InChI=1S/C14H19NO3/c15-9-12(10-3-5-11(16)6-4-10)14(13(17)18)7-1-2-8-14/h3-6,12,16H,1-2,7-9,15H2,(H,17,18)/t12-/m1/s1. The molecule has 0 aliphatic heterocycles. The van der Waals surface area contributed by atoms with Crippen molar-refractivity contribution in [2.45, 2.75) is 31.6 Å².